The molecule has 0 aromatic carbocycles. The highest BCUT2D eigenvalue weighted by molar-refractivity contribution is 8.00. The standard InChI is InChI=1S/C16H21N3O3S2/c1-16(2)10-11(7-9-23-16)17-14(20)13-12-6-4-5-8-19(12)15(18-13)24(3,21)22/h4-6,8,11H,7,9-10H2,1-3H3,(H,17,20). The van der Waals surface area contributed by atoms with Gasteiger partial charge in [0.15, 0.2) is 5.69 Å². The molecule has 1 amide bonds. The molecule has 2 aromatic rings. The largest absolute Gasteiger partial charge is 0.348 e. The van der Waals surface area contributed by atoms with Gasteiger partial charge < -0.3 is 5.32 Å². The summed E-state index contributed by atoms with van der Waals surface area (Å²) in [6.07, 6.45) is 4.49. The predicted octanol–water partition coefficient (Wildman–Crippen LogP) is 2.14. The normalized spacial score (nSPS) is 20.9. The number of imidazole rings is 1. The Morgan fingerprint density at radius 1 is 1.42 bits per heavy atom. The van der Waals surface area contributed by atoms with Crippen LogP contribution < -0.4 is 5.32 Å². The van der Waals surface area contributed by atoms with E-state index in [-0.39, 0.29) is 27.5 Å². The van der Waals surface area contributed by atoms with Crippen LogP contribution in [0.4, 0.5) is 0 Å². The van der Waals surface area contributed by atoms with Crippen molar-refractivity contribution in [3.63, 3.8) is 0 Å². The molecule has 1 unspecified atom stereocenters. The van der Waals surface area contributed by atoms with E-state index in [1.54, 1.807) is 24.4 Å². The molecule has 1 fully saturated rings. The first-order valence-electron chi connectivity index (χ1n) is 7.79. The molecule has 8 heteroatoms. The number of amides is 1. The number of rotatable bonds is 3. The van der Waals surface area contributed by atoms with Gasteiger partial charge in [-0.1, -0.05) is 19.9 Å². The number of pyridine rings is 1. The van der Waals surface area contributed by atoms with Crippen LogP contribution in [0.25, 0.3) is 5.52 Å². The molecule has 1 saturated heterocycles. The minimum Gasteiger partial charge on any atom is -0.348 e. The third kappa shape index (κ3) is 3.44. The zero-order chi connectivity index (χ0) is 17.5. The number of aromatic nitrogens is 2. The molecular weight excluding hydrogens is 346 g/mol. The minimum absolute atomic E-state index is 0.0795. The average molecular weight is 367 g/mol. The lowest BCUT2D eigenvalue weighted by Crippen LogP contribution is -2.42. The molecule has 0 bridgehead atoms. The Morgan fingerprint density at radius 3 is 2.83 bits per heavy atom. The van der Waals surface area contributed by atoms with Crippen molar-refractivity contribution in [2.24, 2.45) is 0 Å². The third-order valence-electron chi connectivity index (χ3n) is 4.10. The Labute approximate surface area is 146 Å². The Hall–Kier alpha value is -1.54. The van der Waals surface area contributed by atoms with Crippen LogP contribution in [0, 0.1) is 0 Å². The van der Waals surface area contributed by atoms with Gasteiger partial charge in [-0.15, -0.1) is 0 Å². The number of nitrogens with one attached hydrogen (secondary N) is 1. The minimum atomic E-state index is -3.53. The monoisotopic (exact) mass is 367 g/mol. The van der Waals surface area contributed by atoms with Crippen LogP contribution in [-0.2, 0) is 9.84 Å². The maximum absolute atomic E-state index is 12.7. The summed E-state index contributed by atoms with van der Waals surface area (Å²) in [5.74, 6) is 0.678. The summed E-state index contributed by atoms with van der Waals surface area (Å²) in [5.41, 5.74) is 0.659. The van der Waals surface area contributed by atoms with E-state index in [0.717, 1.165) is 24.9 Å². The van der Waals surface area contributed by atoms with Gasteiger partial charge in [-0.25, -0.2) is 13.4 Å². The second-order valence-electron chi connectivity index (χ2n) is 6.74. The van der Waals surface area contributed by atoms with E-state index < -0.39 is 9.84 Å². The summed E-state index contributed by atoms with van der Waals surface area (Å²) in [7, 11) is -3.53. The number of thioether (sulfide) groups is 1. The molecule has 1 N–H and O–H groups in total. The number of sulfone groups is 1. The van der Waals surface area contributed by atoms with Gasteiger partial charge in [0.2, 0.25) is 15.0 Å². The fraction of sp³-hybridized carbons (Fsp3) is 0.500. The van der Waals surface area contributed by atoms with E-state index >= 15 is 0 Å². The van der Waals surface area contributed by atoms with E-state index in [1.165, 1.54) is 4.40 Å². The van der Waals surface area contributed by atoms with Crippen molar-refractivity contribution in [3.05, 3.63) is 30.1 Å². The molecule has 0 spiro atoms. The van der Waals surface area contributed by atoms with Crippen LogP contribution in [0.5, 0.6) is 0 Å². The topological polar surface area (TPSA) is 80.5 Å². The van der Waals surface area contributed by atoms with E-state index in [0.29, 0.717) is 5.52 Å². The van der Waals surface area contributed by atoms with Gasteiger partial charge in [0.05, 0.1) is 5.52 Å². The number of nitrogens with zero attached hydrogens (tertiary/aromatic N) is 2. The Balaban J connectivity index is 1.93. The molecule has 24 heavy (non-hydrogen) atoms. The van der Waals surface area contributed by atoms with Crippen molar-refractivity contribution in [1.82, 2.24) is 14.7 Å². The van der Waals surface area contributed by atoms with E-state index in [1.807, 2.05) is 11.8 Å². The number of hydrogen-bond donors (Lipinski definition) is 1. The van der Waals surface area contributed by atoms with Gasteiger partial charge in [-0.3, -0.25) is 9.20 Å². The summed E-state index contributed by atoms with van der Waals surface area (Å²) in [5, 5.41) is 2.92. The maximum atomic E-state index is 12.7. The van der Waals surface area contributed by atoms with Gasteiger partial charge in [-0.05, 0) is 30.7 Å². The fourth-order valence-electron chi connectivity index (χ4n) is 3.05. The number of carbonyl (C=O) groups is 1. The van der Waals surface area contributed by atoms with E-state index in [4.69, 9.17) is 0 Å². The van der Waals surface area contributed by atoms with Gasteiger partial charge in [0.1, 0.15) is 0 Å². The van der Waals surface area contributed by atoms with Crippen molar-refractivity contribution >= 4 is 33.0 Å². The van der Waals surface area contributed by atoms with Crippen molar-refractivity contribution in [1.29, 1.82) is 0 Å². The van der Waals surface area contributed by atoms with Crippen molar-refractivity contribution < 1.29 is 13.2 Å². The smallest absolute Gasteiger partial charge is 0.272 e. The molecule has 0 saturated carbocycles. The molecule has 0 aliphatic carbocycles. The Kier molecular flexibility index (Phi) is 4.37. The zero-order valence-electron chi connectivity index (χ0n) is 13.9. The molecule has 130 valence electrons. The van der Waals surface area contributed by atoms with Crippen LogP contribution >= 0.6 is 11.8 Å². The molecule has 3 rings (SSSR count). The second-order valence-corrected chi connectivity index (χ2v) is 10.5. The van der Waals surface area contributed by atoms with Gasteiger partial charge in [0, 0.05) is 23.2 Å². The highest BCUT2D eigenvalue weighted by Gasteiger charge is 2.31. The molecule has 1 aliphatic heterocycles. The lowest BCUT2D eigenvalue weighted by Gasteiger charge is -2.34. The lowest BCUT2D eigenvalue weighted by molar-refractivity contribution is 0.0928. The molecular formula is C16H21N3O3S2. The van der Waals surface area contributed by atoms with E-state index in [9.17, 15) is 13.2 Å². The maximum Gasteiger partial charge on any atom is 0.272 e. The third-order valence-corrected chi connectivity index (χ3v) is 6.43. The number of carbonyl (C=O) groups excluding carboxylic acids is 1. The predicted molar refractivity (Wildman–Crippen MR) is 95.3 cm³/mol. The Bertz CT molecular complexity index is 887. The average Bonchev–Trinajstić information content (AvgIpc) is 2.85. The first-order chi connectivity index (χ1) is 11.2. The summed E-state index contributed by atoms with van der Waals surface area (Å²) in [6.45, 7) is 4.34. The zero-order valence-corrected chi connectivity index (χ0v) is 15.6. The molecule has 2 aromatic heterocycles. The van der Waals surface area contributed by atoms with Crippen molar-refractivity contribution in [3.8, 4) is 0 Å². The molecule has 0 radical (unpaired) electrons. The van der Waals surface area contributed by atoms with Crippen LogP contribution in [0.15, 0.2) is 29.6 Å². The first-order valence-corrected chi connectivity index (χ1v) is 10.7. The Morgan fingerprint density at radius 2 is 2.17 bits per heavy atom. The van der Waals surface area contributed by atoms with Crippen LogP contribution in [0.3, 0.4) is 0 Å². The molecule has 1 aliphatic rings. The fourth-order valence-corrected chi connectivity index (χ4v) is 5.09. The summed E-state index contributed by atoms with van der Waals surface area (Å²) in [6, 6.07) is 5.26. The van der Waals surface area contributed by atoms with Gasteiger partial charge in [0.25, 0.3) is 5.91 Å². The lowest BCUT2D eigenvalue weighted by atomic mass is 10.00. The van der Waals surface area contributed by atoms with Crippen LogP contribution in [-0.4, -0.2) is 46.5 Å². The summed E-state index contributed by atoms with van der Waals surface area (Å²) < 4.78 is 25.5. The SMILES string of the molecule is CC1(C)CC(NC(=O)c2nc(S(C)(=O)=O)n3ccccc23)CCS1. The molecule has 6 nitrogen and oxygen atoms in total. The van der Waals surface area contributed by atoms with Gasteiger partial charge >= 0.3 is 0 Å². The van der Waals surface area contributed by atoms with Gasteiger partial charge in [-0.2, -0.15) is 11.8 Å². The van der Waals surface area contributed by atoms with Crippen molar-refractivity contribution in [2.75, 3.05) is 12.0 Å². The number of fused-ring (bicyclic) bond motifs is 1. The first kappa shape index (κ1) is 17.3. The molecule has 3 heterocycles. The highest BCUT2D eigenvalue weighted by atomic mass is 32.2. The van der Waals surface area contributed by atoms with Crippen LogP contribution in [0.2, 0.25) is 0 Å². The second kappa shape index (κ2) is 6.07. The van der Waals surface area contributed by atoms with Crippen LogP contribution in [0.1, 0.15) is 37.2 Å². The summed E-state index contributed by atoms with van der Waals surface area (Å²) >= 11 is 1.91. The number of hydrogen-bond acceptors (Lipinski definition) is 5. The highest BCUT2D eigenvalue weighted by Crippen LogP contribution is 2.35. The summed E-state index contributed by atoms with van der Waals surface area (Å²) in [4.78, 5) is 16.8. The van der Waals surface area contributed by atoms with Crippen molar-refractivity contribution in [2.45, 2.75) is 42.6 Å². The quantitative estimate of drug-likeness (QED) is 0.899. The molecule has 1 atom stereocenters. The van der Waals surface area contributed by atoms with E-state index in [2.05, 4.69) is 24.1 Å².